The fourth-order valence-corrected chi connectivity index (χ4v) is 3.32. The van der Waals surface area contributed by atoms with E-state index >= 15 is 0 Å². The molecule has 1 aromatic rings. The van der Waals surface area contributed by atoms with Crippen LogP contribution in [0, 0.1) is 13.8 Å². The number of nitrogens with one attached hydrogen (secondary N) is 1. The van der Waals surface area contributed by atoms with Crippen molar-refractivity contribution in [3.63, 3.8) is 0 Å². The topological polar surface area (TPSA) is 89.3 Å². The number of likely N-dealkylation sites (N-methyl/N-ethyl adjacent to an activating group) is 1. The first-order valence-electron chi connectivity index (χ1n) is 9.59. The van der Waals surface area contributed by atoms with Gasteiger partial charge < -0.3 is 11.1 Å². The Morgan fingerprint density at radius 2 is 1.43 bits per heavy atom. The molecular weight excluding hydrogens is 352 g/mol. The first-order chi connectivity index (χ1) is 13.1. The van der Waals surface area contributed by atoms with Crippen molar-refractivity contribution in [2.45, 2.75) is 60.3 Å². The molecule has 3 N–H and O–H groups in total. The zero-order valence-corrected chi connectivity index (χ0v) is 17.9. The van der Waals surface area contributed by atoms with Crippen molar-refractivity contribution in [1.29, 1.82) is 0 Å². The summed E-state index contributed by atoms with van der Waals surface area (Å²) >= 11 is 0. The predicted octanol–water partition coefficient (Wildman–Crippen LogP) is 4.07. The van der Waals surface area contributed by atoms with Crippen LogP contribution in [-0.4, -0.2) is 24.5 Å². The number of allylic oxidation sites excluding steroid dienone is 3. The van der Waals surface area contributed by atoms with Crippen LogP contribution in [0.15, 0.2) is 29.4 Å². The number of carbonyl (C=O) groups excluding carboxylic acids is 3. The molecule has 1 aliphatic carbocycles. The van der Waals surface area contributed by atoms with Gasteiger partial charge in [-0.3, -0.25) is 14.4 Å². The zero-order valence-electron chi connectivity index (χ0n) is 17.9. The molecule has 1 aliphatic rings. The number of nitrogen functional groups attached to an aromatic ring is 1. The van der Waals surface area contributed by atoms with Gasteiger partial charge in [0.1, 0.15) is 0 Å². The second-order valence-corrected chi connectivity index (χ2v) is 7.24. The molecule has 0 bridgehead atoms. The molecule has 0 spiro atoms. The highest BCUT2D eigenvalue weighted by atomic mass is 16.1. The van der Waals surface area contributed by atoms with Gasteiger partial charge in [0.2, 0.25) is 5.91 Å². The molecule has 0 radical (unpaired) electrons. The van der Waals surface area contributed by atoms with Crippen molar-refractivity contribution >= 4 is 28.7 Å². The van der Waals surface area contributed by atoms with Crippen molar-refractivity contribution in [2.24, 2.45) is 0 Å². The molecule has 2 rings (SSSR count). The van der Waals surface area contributed by atoms with Gasteiger partial charge in [0.05, 0.1) is 0 Å². The van der Waals surface area contributed by atoms with Crippen molar-refractivity contribution in [2.75, 3.05) is 12.8 Å². The van der Waals surface area contributed by atoms with E-state index in [1.165, 1.54) is 0 Å². The SMILES string of the molecule is CC(=O)C1=C(C(C)=O)CCCC1.CNC(=O)C=C(C)c1cc(N)c(C)cc1C. The van der Waals surface area contributed by atoms with Crippen LogP contribution in [0.2, 0.25) is 0 Å². The first kappa shape index (κ1) is 23.3. The van der Waals surface area contributed by atoms with E-state index in [2.05, 4.69) is 5.32 Å². The van der Waals surface area contributed by atoms with Gasteiger partial charge in [-0.25, -0.2) is 0 Å². The number of hydrogen-bond donors (Lipinski definition) is 2. The standard InChI is InChI=1S/C13H18N2O.C10H14O2/c1-8-5-10(3)12(14)7-11(8)9(2)6-13(16)15-4;1-7(11)9-5-3-4-6-10(9)8(2)12/h5-7H,14H2,1-4H3,(H,15,16);3-6H2,1-2H3. The lowest BCUT2D eigenvalue weighted by atomic mass is 9.88. The largest absolute Gasteiger partial charge is 0.398 e. The molecule has 5 heteroatoms. The first-order valence-corrected chi connectivity index (χ1v) is 9.59. The Bertz CT molecular complexity index is 806. The summed E-state index contributed by atoms with van der Waals surface area (Å²) in [4.78, 5) is 33.4. The number of Topliss-reactive ketones (excluding diaryl/α,β-unsaturated/α-hetero) is 2. The normalized spacial score (nSPS) is 14.1. The summed E-state index contributed by atoms with van der Waals surface area (Å²) in [6.45, 7) is 8.99. The molecule has 0 heterocycles. The van der Waals surface area contributed by atoms with Crippen LogP contribution in [0.4, 0.5) is 5.69 Å². The minimum absolute atomic E-state index is 0.0694. The van der Waals surface area contributed by atoms with E-state index in [-0.39, 0.29) is 17.5 Å². The maximum atomic E-state index is 11.2. The summed E-state index contributed by atoms with van der Waals surface area (Å²) < 4.78 is 0. The van der Waals surface area contributed by atoms with Crippen LogP contribution < -0.4 is 11.1 Å². The Labute approximate surface area is 168 Å². The molecule has 1 aromatic carbocycles. The summed E-state index contributed by atoms with van der Waals surface area (Å²) in [6, 6.07) is 3.95. The summed E-state index contributed by atoms with van der Waals surface area (Å²) in [7, 11) is 1.61. The smallest absolute Gasteiger partial charge is 0.244 e. The van der Waals surface area contributed by atoms with Gasteiger partial charge in [-0.05, 0) is 88.6 Å². The van der Waals surface area contributed by atoms with Gasteiger partial charge in [-0.1, -0.05) is 6.07 Å². The molecule has 1 amide bonds. The van der Waals surface area contributed by atoms with E-state index < -0.39 is 0 Å². The third-order valence-electron chi connectivity index (χ3n) is 4.95. The van der Waals surface area contributed by atoms with Crippen LogP contribution in [0.25, 0.3) is 5.57 Å². The lowest BCUT2D eigenvalue weighted by molar-refractivity contribution is -0.116. The quantitative estimate of drug-likeness (QED) is 0.605. The molecule has 5 nitrogen and oxygen atoms in total. The van der Waals surface area contributed by atoms with E-state index in [0.29, 0.717) is 0 Å². The minimum Gasteiger partial charge on any atom is -0.398 e. The lowest BCUT2D eigenvalue weighted by Crippen LogP contribution is -2.14. The molecule has 0 saturated carbocycles. The van der Waals surface area contributed by atoms with Crippen LogP contribution in [0.1, 0.15) is 63.1 Å². The molecule has 0 atom stereocenters. The Balaban J connectivity index is 0.000000292. The fourth-order valence-electron chi connectivity index (χ4n) is 3.32. The number of ketones is 2. The Hall–Kier alpha value is -2.69. The van der Waals surface area contributed by atoms with Crippen molar-refractivity contribution in [1.82, 2.24) is 5.32 Å². The summed E-state index contributed by atoms with van der Waals surface area (Å²) in [6.07, 6.45) is 5.27. The average molecular weight is 385 g/mol. The highest BCUT2D eigenvalue weighted by Gasteiger charge is 2.18. The number of hydrogen-bond acceptors (Lipinski definition) is 4. The number of aryl methyl sites for hydroxylation is 2. The number of rotatable bonds is 4. The van der Waals surface area contributed by atoms with Gasteiger partial charge in [0.25, 0.3) is 0 Å². The van der Waals surface area contributed by atoms with Crippen molar-refractivity contribution in [3.05, 3.63) is 46.0 Å². The molecular formula is C23H32N2O3. The maximum Gasteiger partial charge on any atom is 0.244 e. The third-order valence-corrected chi connectivity index (χ3v) is 4.95. The van der Waals surface area contributed by atoms with Gasteiger partial charge in [0.15, 0.2) is 11.6 Å². The lowest BCUT2D eigenvalue weighted by Gasteiger charge is -2.15. The second kappa shape index (κ2) is 10.6. The van der Waals surface area contributed by atoms with E-state index in [9.17, 15) is 14.4 Å². The summed E-state index contributed by atoms with van der Waals surface area (Å²) in [5.41, 5.74) is 12.3. The van der Waals surface area contributed by atoms with Gasteiger partial charge in [-0.15, -0.1) is 0 Å². The van der Waals surface area contributed by atoms with Crippen molar-refractivity contribution in [3.8, 4) is 0 Å². The number of anilines is 1. The van der Waals surface area contributed by atoms with Gasteiger partial charge in [0, 0.05) is 30.0 Å². The van der Waals surface area contributed by atoms with Gasteiger partial charge >= 0.3 is 0 Å². The molecule has 0 unspecified atom stereocenters. The zero-order chi connectivity index (χ0) is 21.4. The molecule has 28 heavy (non-hydrogen) atoms. The molecule has 0 fully saturated rings. The predicted molar refractivity (Wildman–Crippen MR) is 115 cm³/mol. The van der Waals surface area contributed by atoms with E-state index in [1.54, 1.807) is 27.0 Å². The number of carbonyl (C=O) groups is 3. The second-order valence-electron chi connectivity index (χ2n) is 7.24. The summed E-state index contributed by atoms with van der Waals surface area (Å²) in [5, 5.41) is 2.56. The fraction of sp³-hybridized carbons (Fsp3) is 0.435. The van der Waals surface area contributed by atoms with Crippen LogP contribution in [0.5, 0.6) is 0 Å². The van der Waals surface area contributed by atoms with Crippen molar-refractivity contribution < 1.29 is 14.4 Å². The molecule has 0 aromatic heterocycles. The number of benzene rings is 1. The van der Waals surface area contributed by atoms with Crippen LogP contribution >= 0.6 is 0 Å². The highest BCUT2D eigenvalue weighted by molar-refractivity contribution is 6.04. The Kier molecular flexibility index (Phi) is 8.83. The minimum atomic E-state index is -0.101. The Morgan fingerprint density at radius 3 is 1.86 bits per heavy atom. The summed E-state index contributed by atoms with van der Waals surface area (Å²) in [5.74, 6) is 0.0378. The van der Waals surface area contributed by atoms with Crippen LogP contribution in [0.3, 0.4) is 0 Å². The number of amides is 1. The third kappa shape index (κ3) is 6.48. The maximum absolute atomic E-state index is 11.2. The average Bonchev–Trinajstić information content (AvgIpc) is 2.64. The van der Waals surface area contributed by atoms with E-state index in [4.69, 9.17) is 5.73 Å². The molecule has 0 aliphatic heterocycles. The molecule has 152 valence electrons. The van der Waals surface area contributed by atoms with Gasteiger partial charge in [-0.2, -0.15) is 0 Å². The highest BCUT2D eigenvalue weighted by Crippen LogP contribution is 2.26. The monoisotopic (exact) mass is 384 g/mol. The molecule has 0 saturated heterocycles. The van der Waals surface area contributed by atoms with Crippen LogP contribution in [-0.2, 0) is 14.4 Å². The van der Waals surface area contributed by atoms with E-state index in [0.717, 1.165) is 64.8 Å². The Morgan fingerprint density at radius 1 is 0.929 bits per heavy atom. The van der Waals surface area contributed by atoms with E-state index in [1.807, 2.05) is 32.9 Å². The number of nitrogens with two attached hydrogens (primary N) is 1.